The fraction of sp³-hybridized carbons (Fsp3) is 0.372. The molecule has 2 saturated heterocycles. The normalized spacial score (nSPS) is 18.7. The van der Waals surface area contributed by atoms with E-state index in [9.17, 15) is 48.4 Å². The van der Waals surface area contributed by atoms with Crippen LogP contribution in [0.2, 0.25) is 0 Å². The molecule has 3 atom stereocenters. The number of hydrogen-bond acceptors (Lipinski definition) is 13. The Labute approximate surface area is 358 Å². The molecule has 63 heavy (non-hydrogen) atoms. The summed E-state index contributed by atoms with van der Waals surface area (Å²) in [6, 6.07) is 17.4. The molecule has 20 heteroatoms. The second-order valence-corrected chi connectivity index (χ2v) is 15.5. The molecule has 3 aromatic carbocycles. The van der Waals surface area contributed by atoms with Crippen LogP contribution < -0.4 is 21.1 Å². The van der Waals surface area contributed by atoms with E-state index in [4.69, 9.17) is 9.47 Å². The minimum absolute atomic E-state index is 0.0163. The van der Waals surface area contributed by atoms with Crippen LogP contribution in [0, 0.1) is 5.92 Å². The van der Waals surface area contributed by atoms with Crippen LogP contribution in [0.25, 0.3) is 17.1 Å². The molecule has 18 nitrogen and oxygen atoms in total. The molecule has 7 rings (SSSR count). The van der Waals surface area contributed by atoms with Gasteiger partial charge < -0.3 is 45.4 Å². The smallest absolute Gasteiger partial charge is 0.349 e. The van der Waals surface area contributed by atoms with Gasteiger partial charge in [0.05, 0.1) is 18.7 Å². The molecule has 0 aliphatic carbocycles. The lowest BCUT2D eigenvalue weighted by atomic mass is 9.95. The number of carbonyl (C=O) groups excluding carboxylic acids is 3. The number of benzene rings is 3. The molecule has 2 aliphatic heterocycles. The van der Waals surface area contributed by atoms with Crippen LogP contribution in [-0.2, 0) is 16.1 Å². The minimum Gasteiger partial charge on any atom is -0.508 e. The summed E-state index contributed by atoms with van der Waals surface area (Å²) in [5.41, 5.74) is 0.825. The van der Waals surface area contributed by atoms with Gasteiger partial charge >= 0.3 is 11.6 Å². The Balaban J connectivity index is 0.947. The zero-order chi connectivity index (χ0) is 45.2. The average molecular weight is 873 g/mol. The molecule has 0 radical (unpaired) electrons. The number of nitrogens with one attached hydrogen (secondary N) is 2. The molecular formula is C43H46F2N8O10. The molecule has 4 heterocycles. The number of aromatic nitrogens is 5. The van der Waals surface area contributed by atoms with Crippen LogP contribution in [0.4, 0.5) is 14.6 Å². The van der Waals surface area contributed by atoms with Crippen molar-refractivity contribution in [3.8, 4) is 40.1 Å². The summed E-state index contributed by atoms with van der Waals surface area (Å²) in [6.45, 7) is 5.02. The Morgan fingerprint density at radius 2 is 1.63 bits per heavy atom. The first kappa shape index (κ1) is 44.3. The number of nitrogens with zero attached hydrogens (tertiary/aromatic N) is 6. The Bertz CT molecular complexity index is 2540. The molecule has 5 aromatic rings. The SMILES string of the molecule is CCNC(=O)c1nnc(-c2cc(C(C)C)c(O)cc2O)n1-c1ccc(Oc2ccc(C(=O)N3CCC(C(=O)Nc4ccn(CC5O[C@H](CO)[C@@H](O)C5(F)F)c(=O)n4)CC3)cc2)cc1. The second-order valence-electron chi connectivity index (χ2n) is 15.5. The third kappa shape index (κ3) is 9.23. The van der Waals surface area contributed by atoms with Crippen LogP contribution in [0.3, 0.4) is 0 Å². The number of halogens is 2. The summed E-state index contributed by atoms with van der Waals surface area (Å²) >= 11 is 0. The van der Waals surface area contributed by atoms with E-state index in [0.29, 0.717) is 47.7 Å². The third-order valence-electron chi connectivity index (χ3n) is 11.0. The number of likely N-dealkylation sites (tertiary alicyclic amines) is 1. The van der Waals surface area contributed by atoms with E-state index in [1.165, 1.54) is 22.9 Å². The summed E-state index contributed by atoms with van der Waals surface area (Å²) in [5, 5.41) is 53.8. The summed E-state index contributed by atoms with van der Waals surface area (Å²) in [4.78, 5) is 57.5. The number of carbonyl (C=O) groups is 3. The molecule has 6 N–H and O–H groups in total. The number of amides is 3. The van der Waals surface area contributed by atoms with Gasteiger partial charge in [0, 0.05) is 49.1 Å². The summed E-state index contributed by atoms with van der Waals surface area (Å²) < 4.78 is 42.3. The lowest BCUT2D eigenvalue weighted by molar-refractivity contribution is -0.121. The lowest BCUT2D eigenvalue weighted by Crippen LogP contribution is -2.43. The highest BCUT2D eigenvalue weighted by Gasteiger charge is 2.58. The van der Waals surface area contributed by atoms with E-state index in [1.807, 2.05) is 13.8 Å². The molecule has 2 aliphatic rings. The zero-order valence-electron chi connectivity index (χ0n) is 34.4. The Hall–Kier alpha value is -6.77. The summed E-state index contributed by atoms with van der Waals surface area (Å²) in [6.07, 6.45) is -3.74. The molecule has 0 saturated carbocycles. The maximum Gasteiger partial charge on any atom is 0.349 e. The van der Waals surface area contributed by atoms with Gasteiger partial charge in [0.25, 0.3) is 11.8 Å². The number of piperidine rings is 1. The number of aliphatic hydroxyl groups is 2. The molecule has 0 spiro atoms. The van der Waals surface area contributed by atoms with Crippen LogP contribution in [0.5, 0.6) is 23.0 Å². The molecule has 2 fully saturated rings. The number of anilines is 1. The van der Waals surface area contributed by atoms with Gasteiger partial charge in [0.2, 0.25) is 11.7 Å². The highest BCUT2D eigenvalue weighted by atomic mass is 19.3. The number of alkyl halides is 2. The fourth-order valence-corrected chi connectivity index (χ4v) is 7.48. The lowest BCUT2D eigenvalue weighted by Gasteiger charge is -2.31. The molecule has 1 unspecified atom stereocenters. The van der Waals surface area contributed by atoms with Gasteiger partial charge in [-0.3, -0.25) is 23.5 Å². The summed E-state index contributed by atoms with van der Waals surface area (Å²) in [5.74, 6) is -4.73. The van der Waals surface area contributed by atoms with Gasteiger partial charge in [-0.2, -0.15) is 4.98 Å². The van der Waals surface area contributed by atoms with Crippen molar-refractivity contribution >= 4 is 23.5 Å². The Morgan fingerprint density at radius 1 is 0.968 bits per heavy atom. The largest absolute Gasteiger partial charge is 0.508 e. The second kappa shape index (κ2) is 18.3. The van der Waals surface area contributed by atoms with Gasteiger partial charge in [-0.1, -0.05) is 13.8 Å². The van der Waals surface area contributed by atoms with Crippen molar-refractivity contribution in [1.82, 2.24) is 34.5 Å². The van der Waals surface area contributed by atoms with E-state index < -0.39 is 60.8 Å². The zero-order valence-corrected chi connectivity index (χ0v) is 34.4. The first-order valence-corrected chi connectivity index (χ1v) is 20.3. The van der Waals surface area contributed by atoms with Crippen LogP contribution in [0.15, 0.2) is 77.7 Å². The van der Waals surface area contributed by atoms with Crippen molar-refractivity contribution in [1.29, 1.82) is 0 Å². The monoisotopic (exact) mass is 872 g/mol. The van der Waals surface area contributed by atoms with E-state index in [2.05, 4.69) is 25.8 Å². The number of ether oxygens (including phenoxy) is 2. The average Bonchev–Trinajstić information content (AvgIpc) is 3.79. The van der Waals surface area contributed by atoms with E-state index in [0.717, 1.165) is 4.57 Å². The number of aromatic hydroxyl groups is 2. The topological polar surface area (TPSA) is 243 Å². The maximum absolute atomic E-state index is 14.4. The van der Waals surface area contributed by atoms with Crippen molar-refractivity contribution < 1.29 is 53.1 Å². The fourth-order valence-electron chi connectivity index (χ4n) is 7.48. The van der Waals surface area contributed by atoms with Crippen LogP contribution in [-0.4, -0.2) is 118 Å². The number of phenolic OH excluding ortho intramolecular Hbond substituents is 2. The molecule has 0 bridgehead atoms. The van der Waals surface area contributed by atoms with Crippen LogP contribution in [0.1, 0.15) is 66.1 Å². The van der Waals surface area contributed by atoms with Gasteiger partial charge in [0.15, 0.2) is 5.82 Å². The van der Waals surface area contributed by atoms with Crippen molar-refractivity contribution in [3.05, 3.63) is 100 Å². The van der Waals surface area contributed by atoms with E-state index in [1.54, 1.807) is 66.4 Å². The van der Waals surface area contributed by atoms with Gasteiger partial charge in [-0.15, -0.1) is 10.2 Å². The number of rotatable bonds is 13. The van der Waals surface area contributed by atoms with Crippen molar-refractivity contribution in [2.24, 2.45) is 5.92 Å². The maximum atomic E-state index is 14.4. The molecule has 3 amide bonds. The summed E-state index contributed by atoms with van der Waals surface area (Å²) in [7, 11) is 0. The minimum atomic E-state index is -3.71. The molecular weight excluding hydrogens is 827 g/mol. The Kier molecular flexibility index (Phi) is 12.9. The first-order valence-electron chi connectivity index (χ1n) is 20.3. The van der Waals surface area contributed by atoms with Crippen molar-refractivity contribution in [3.63, 3.8) is 0 Å². The Morgan fingerprint density at radius 3 is 2.24 bits per heavy atom. The van der Waals surface area contributed by atoms with Gasteiger partial charge in [-0.25, -0.2) is 13.6 Å². The van der Waals surface area contributed by atoms with Gasteiger partial charge in [-0.05, 0) is 91.9 Å². The van der Waals surface area contributed by atoms with E-state index in [-0.39, 0.29) is 59.4 Å². The number of aliphatic hydroxyl groups excluding tert-OH is 2. The predicted octanol–water partition coefficient (Wildman–Crippen LogP) is 3.81. The number of phenols is 2. The molecule has 2 aromatic heterocycles. The van der Waals surface area contributed by atoms with E-state index >= 15 is 0 Å². The van der Waals surface area contributed by atoms with Crippen molar-refractivity contribution in [2.75, 3.05) is 31.6 Å². The van der Waals surface area contributed by atoms with Gasteiger partial charge in [0.1, 0.15) is 47.1 Å². The quantitative estimate of drug-likeness (QED) is 0.0988. The predicted molar refractivity (Wildman–Crippen MR) is 221 cm³/mol. The highest BCUT2D eigenvalue weighted by molar-refractivity contribution is 5.95. The third-order valence-corrected chi connectivity index (χ3v) is 11.0. The van der Waals surface area contributed by atoms with Crippen LogP contribution >= 0.6 is 0 Å². The highest BCUT2D eigenvalue weighted by Crippen LogP contribution is 2.39. The van der Waals surface area contributed by atoms with Crippen molar-refractivity contribution in [2.45, 2.75) is 70.3 Å². The molecule has 332 valence electrons. The first-order chi connectivity index (χ1) is 30.1. The standard InChI is InChI=1S/C43H46F2N8O10/c1-4-46-40(59)38-50-49-37(30-19-29(23(2)3)31(55)20-32(30)56)53(38)26-7-11-28(12-8-26)62-27-9-5-25(6-10-27)41(60)51-16-13-24(14-17-51)39(58)47-35-15-18-52(42(61)48-35)21-34-43(44,45)36(57)33(22-54)63-34/h5-12,15,18-20,23-24,33-34,36,54-57H,4,13-14,16-17,21-22H2,1-3H3,(H,46,59)(H,47,48,58,61)/t33-,34?,36-/m1/s1. The number of hydrogen-bond donors (Lipinski definition) is 6.